The third kappa shape index (κ3) is 3.62. The number of aliphatic hydroxyl groups excluding tert-OH is 1. The second kappa shape index (κ2) is 7.69. The zero-order valence-corrected chi connectivity index (χ0v) is 16.5. The van der Waals surface area contributed by atoms with Gasteiger partial charge in [-0.1, -0.05) is 6.07 Å². The average Bonchev–Trinajstić information content (AvgIpc) is 3.25. The van der Waals surface area contributed by atoms with Gasteiger partial charge in [-0.2, -0.15) is 0 Å². The van der Waals surface area contributed by atoms with Gasteiger partial charge in [0.05, 0.1) is 11.7 Å². The van der Waals surface area contributed by atoms with E-state index in [1.807, 2.05) is 20.8 Å². The molecule has 0 aliphatic carbocycles. The summed E-state index contributed by atoms with van der Waals surface area (Å²) < 4.78 is 6.85. The predicted octanol–water partition coefficient (Wildman–Crippen LogP) is 1.48. The van der Waals surface area contributed by atoms with Crippen LogP contribution in [0.3, 0.4) is 0 Å². The Morgan fingerprint density at radius 1 is 1.17 bits per heavy atom. The van der Waals surface area contributed by atoms with Gasteiger partial charge in [0.25, 0.3) is 0 Å². The van der Waals surface area contributed by atoms with Gasteiger partial charge in [0.1, 0.15) is 18.3 Å². The van der Waals surface area contributed by atoms with Gasteiger partial charge < -0.3 is 15.2 Å². The number of fused-ring (bicyclic) bond motifs is 1. The first-order valence-electron chi connectivity index (χ1n) is 9.34. The van der Waals surface area contributed by atoms with Crippen molar-refractivity contribution in [3.05, 3.63) is 64.0 Å². The molecule has 29 heavy (non-hydrogen) atoms. The summed E-state index contributed by atoms with van der Waals surface area (Å²) in [6, 6.07) is 3.51. The number of nitrogens with zero attached hydrogens (tertiary/aromatic N) is 5. The van der Waals surface area contributed by atoms with Crippen LogP contribution in [0.1, 0.15) is 50.4 Å². The van der Waals surface area contributed by atoms with Gasteiger partial charge in [-0.3, -0.25) is 4.57 Å². The first kappa shape index (κ1) is 19.2. The number of esters is 1. The maximum atomic E-state index is 11.6. The van der Waals surface area contributed by atoms with Crippen LogP contribution in [-0.2, 0) is 17.9 Å². The molecule has 1 aliphatic heterocycles. The molecule has 2 aromatic heterocycles. The van der Waals surface area contributed by atoms with Gasteiger partial charge >= 0.3 is 5.97 Å². The zero-order chi connectivity index (χ0) is 20.5. The van der Waals surface area contributed by atoms with Crippen LogP contribution in [0, 0.1) is 20.8 Å². The number of cyclic esters (lactones) is 1. The highest BCUT2D eigenvalue weighted by Crippen LogP contribution is 2.28. The summed E-state index contributed by atoms with van der Waals surface area (Å²) in [4.78, 5) is 20.4. The Morgan fingerprint density at radius 3 is 2.55 bits per heavy atom. The van der Waals surface area contributed by atoms with Crippen molar-refractivity contribution < 1.29 is 14.6 Å². The summed E-state index contributed by atoms with van der Waals surface area (Å²) in [7, 11) is 0. The quantitative estimate of drug-likeness (QED) is 0.604. The second-order valence-electron chi connectivity index (χ2n) is 7.05. The van der Waals surface area contributed by atoms with E-state index in [1.54, 1.807) is 29.1 Å². The molecular weight excluding hydrogens is 372 g/mol. The molecule has 3 aromatic rings. The zero-order valence-electron chi connectivity index (χ0n) is 16.5. The van der Waals surface area contributed by atoms with Crippen molar-refractivity contribution in [3.63, 3.8) is 0 Å². The van der Waals surface area contributed by atoms with Crippen LogP contribution in [-0.4, -0.2) is 42.4 Å². The highest BCUT2D eigenvalue weighted by molar-refractivity contribution is 5.93. The lowest BCUT2D eigenvalue weighted by Gasteiger charge is -2.16. The Hall–Kier alpha value is -3.17. The molecule has 0 spiro atoms. The van der Waals surface area contributed by atoms with Crippen LogP contribution in [0.15, 0.2) is 24.5 Å². The Bertz CT molecular complexity index is 1040. The van der Waals surface area contributed by atoms with Crippen molar-refractivity contribution in [1.82, 2.24) is 30.0 Å². The van der Waals surface area contributed by atoms with Crippen LogP contribution >= 0.6 is 0 Å². The van der Waals surface area contributed by atoms with Crippen molar-refractivity contribution in [2.24, 2.45) is 0 Å². The number of nitrogens with one attached hydrogen (secondary N) is 1. The minimum atomic E-state index is -0.696. The fourth-order valence-electron chi connectivity index (χ4n) is 3.50. The van der Waals surface area contributed by atoms with Crippen molar-refractivity contribution >= 4 is 5.97 Å². The molecule has 9 nitrogen and oxygen atoms in total. The lowest BCUT2D eigenvalue weighted by Crippen LogP contribution is -2.22. The molecule has 0 unspecified atom stereocenters. The van der Waals surface area contributed by atoms with Crippen LogP contribution in [0.25, 0.3) is 5.95 Å². The SMILES string of the molecule is Cc1c([C@@H](O)CNCc2cnc(-n3c(C)nnc3C)nc2)ccc2c1COC2=O. The van der Waals surface area contributed by atoms with E-state index in [-0.39, 0.29) is 12.6 Å². The first-order valence-corrected chi connectivity index (χ1v) is 9.34. The minimum Gasteiger partial charge on any atom is -0.457 e. The third-order valence-electron chi connectivity index (χ3n) is 5.11. The highest BCUT2D eigenvalue weighted by Gasteiger charge is 2.25. The summed E-state index contributed by atoms with van der Waals surface area (Å²) in [5, 5.41) is 21.8. The molecule has 9 heteroatoms. The number of aryl methyl sites for hydroxylation is 2. The normalized spacial score (nSPS) is 14.0. The molecule has 3 heterocycles. The molecule has 0 bridgehead atoms. The lowest BCUT2D eigenvalue weighted by molar-refractivity contribution is 0.0535. The van der Waals surface area contributed by atoms with Crippen molar-refractivity contribution in [3.8, 4) is 5.95 Å². The summed E-state index contributed by atoms with van der Waals surface area (Å²) >= 11 is 0. The molecule has 1 aliphatic rings. The Balaban J connectivity index is 1.38. The molecule has 2 N–H and O–H groups in total. The Morgan fingerprint density at radius 2 is 1.86 bits per heavy atom. The van der Waals surface area contributed by atoms with Crippen LogP contribution in [0.2, 0.25) is 0 Å². The van der Waals surface area contributed by atoms with Crippen molar-refractivity contribution in [2.45, 2.75) is 40.0 Å². The molecule has 0 fully saturated rings. The van der Waals surface area contributed by atoms with Gasteiger partial charge in [-0.15, -0.1) is 10.2 Å². The first-order chi connectivity index (χ1) is 14.0. The number of hydrogen-bond donors (Lipinski definition) is 2. The number of hydrogen-bond acceptors (Lipinski definition) is 8. The van der Waals surface area contributed by atoms with Gasteiger partial charge in [-0.05, 0) is 38.0 Å². The van der Waals surface area contributed by atoms with E-state index >= 15 is 0 Å². The number of rotatable bonds is 6. The monoisotopic (exact) mass is 394 g/mol. The molecule has 4 rings (SSSR count). The number of benzene rings is 1. The molecule has 150 valence electrons. The second-order valence-corrected chi connectivity index (χ2v) is 7.05. The van der Waals surface area contributed by atoms with E-state index in [1.165, 1.54) is 0 Å². The highest BCUT2D eigenvalue weighted by atomic mass is 16.5. The molecular formula is C20H22N6O3. The van der Waals surface area contributed by atoms with Gasteiger partial charge in [0.15, 0.2) is 0 Å². The summed E-state index contributed by atoms with van der Waals surface area (Å²) in [5.74, 6) is 1.68. The van der Waals surface area contributed by atoms with Crippen LogP contribution in [0.4, 0.5) is 0 Å². The van der Waals surface area contributed by atoms with E-state index in [0.29, 0.717) is 24.6 Å². The fraction of sp³-hybridized carbons (Fsp3) is 0.350. The number of ether oxygens (including phenoxy) is 1. The topological polar surface area (TPSA) is 115 Å². The van der Waals surface area contributed by atoms with Crippen LogP contribution < -0.4 is 5.32 Å². The van der Waals surface area contributed by atoms with Crippen LogP contribution in [0.5, 0.6) is 0 Å². The average molecular weight is 394 g/mol. The van der Waals surface area contributed by atoms with Crippen molar-refractivity contribution in [2.75, 3.05) is 6.54 Å². The standard InChI is InChI=1S/C20H22N6O3/c1-11-15(4-5-16-17(11)10-29-19(16)28)18(27)9-21-6-14-7-22-20(23-8-14)26-12(2)24-25-13(26)3/h4-5,7-8,18,21,27H,6,9-10H2,1-3H3/t18-/m0/s1. The minimum absolute atomic E-state index is 0.267. The van der Waals surface area contributed by atoms with Gasteiger partial charge in [0, 0.05) is 36.6 Å². The number of aliphatic hydroxyl groups is 1. The fourth-order valence-corrected chi connectivity index (χ4v) is 3.50. The van der Waals surface area contributed by atoms with E-state index in [2.05, 4.69) is 25.5 Å². The van der Waals surface area contributed by atoms with E-state index < -0.39 is 6.10 Å². The third-order valence-corrected chi connectivity index (χ3v) is 5.11. The molecule has 0 saturated carbocycles. The largest absolute Gasteiger partial charge is 0.457 e. The maximum absolute atomic E-state index is 11.6. The van der Waals surface area contributed by atoms with E-state index in [0.717, 1.165) is 33.9 Å². The Labute approximate surface area is 167 Å². The van der Waals surface area contributed by atoms with Gasteiger partial charge in [-0.25, -0.2) is 14.8 Å². The maximum Gasteiger partial charge on any atom is 0.338 e. The molecule has 0 saturated heterocycles. The Kier molecular flexibility index (Phi) is 5.08. The van der Waals surface area contributed by atoms with E-state index in [4.69, 9.17) is 4.74 Å². The van der Waals surface area contributed by atoms with E-state index in [9.17, 15) is 9.90 Å². The summed E-state index contributed by atoms with van der Waals surface area (Å²) in [5.41, 5.74) is 4.03. The molecule has 1 atom stereocenters. The predicted molar refractivity (Wildman–Crippen MR) is 103 cm³/mol. The molecule has 0 amide bonds. The summed E-state index contributed by atoms with van der Waals surface area (Å²) in [6.45, 7) is 6.75. The molecule has 0 radical (unpaired) electrons. The smallest absolute Gasteiger partial charge is 0.338 e. The lowest BCUT2D eigenvalue weighted by atomic mass is 9.95. The number of carbonyl (C=O) groups is 1. The van der Waals surface area contributed by atoms with Crippen molar-refractivity contribution in [1.29, 1.82) is 0 Å². The van der Waals surface area contributed by atoms with Gasteiger partial charge in [0.2, 0.25) is 5.95 Å². The summed E-state index contributed by atoms with van der Waals surface area (Å²) in [6.07, 6.45) is 2.78. The number of carbonyl (C=O) groups excluding carboxylic acids is 1. The molecule has 1 aromatic carbocycles. The number of aromatic nitrogens is 5.